The number of aromatic nitrogens is 2. The van der Waals surface area contributed by atoms with E-state index in [-0.39, 0.29) is 12.5 Å². The van der Waals surface area contributed by atoms with E-state index in [1.807, 2.05) is 24.3 Å². The zero-order valence-electron chi connectivity index (χ0n) is 16.0. The molecule has 1 N–H and O–H groups in total. The van der Waals surface area contributed by atoms with Crippen molar-refractivity contribution in [3.63, 3.8) is 0 Å². The van der Waals surface area contributed by atoms with Crippen molar-refractivity contribution in [2.24, 2.45) is 0 Å². The minimum Gasteiger partial charge on any atom is -0.481 e. The summed E-state index contributed by atoms with van der Waals surface area (Å²) in [6.07, 6.45) is -0.654. The van der Waals surface area contributed by atoms with E-state index >= 15 is 0 Å². The highest BCUT2D eigenvalue weighted by Crippen LogP contribution is 2.26. The molecule has 0 saturated carbocycles. The molecule has 1 atom stereocenters. The summed E-state index contributed by atoms with van der Waals surface area (Å²) >= 11 is 5.88. The molecule has 1 heterocycles. The summed E-state index contributed by atoms with van der Waals surface area (Å²) in [5.74, 6) is 1.51. The zero-order valence-corrected chi connectivity index (χ0v) is 16.7. The largest absolute Gasteiger partial charge is 0.481 e. The van der Waals surface area contributed by atoms with Crippen LogP contribution in [0.3, 0.4) is 0 Å². The molecular formula is C21H22ClN3O3. The van der Waals surface area contributed by atoms with Crippen molar-refractivity contribution in [2.75, 3.05) is 0 Å². The van der Waals surface area contributed by atoms with Crippen molar-refractivity contribution in [3.05, 3.63) is 65.0 Å². The minimum atomic E-state index is -0.654. The number of halogens is 1. The van der Waals surface area contributed by atoms with Crippen LogP contribution in [0.4, 0.5) is 0 Å². The summed E-state index contributed by atoms with van der Waals surface area (Å²) < 4.78 is 11.1. The van der Waals surface area contributed by atoms with Crippen LogP contribution in [0.25, 0.3) is 11.4 Å². The average Bonchev–Trinajstić information content (AvgIpc) is 3.16. The Hall–Kier alpha value is -2.86. The van der Waals surface area contributed by atoms with Crippen molar-refractivity contribution in [1.29, 1.82) is 0 Å². The van der Waals surface area contributed by atoms with Crippen LogP contribution in [0.1, 0.15) is 38.1 Å². The number of rotatable bonds is 7. The maximum Gasteiger partial charge on any atom is 0.261 e. The van der Waals surface area contributed by atoms with Gasteiger partial charge in [-0.2, -0.15) is 4.98 Å². The molecule has 146 valence electrons. The fourth-order valence-electron chi connectivity index (χ4n) is 2.66. The molecule has 0 unspecified atom stereocenters. The third kappa shape index (κ3) is 4.89. The van der Waals surface area contributed by atoms with Gasteiger partial charge in [0.1, 0.15) is 5.75 Å². The summed E-state index contributed by atoms with van der Waals surface area (Å²) in [7, 11) is 0. The van der Waals surface area contributed by atoms with Crippen LogP contribution in [-0.2, 0) is 11.3 Å². The number of ether oxygens (including phenoxy) is 1. The van der Waals surface area contributed by atoms with Crippen LogP contribution in [0.2, 0.25) is 5.02 Å². The van der Waals surface area contributed by atoms with Gasteiger partial charge in [-0.05, 0) is 48.7 Å². The molecule has 3 aromatic rings. The molecule has 0 aliphatic heterocycles. The lowest BCUT2D eigenvalue weighted by Gasteiger charge is -2.18. The number of benzene rings is 2. The number of nitrogens with zero attached hydrogens (tertiary/aromatic N) is 2. The van der Waals surface area contributed by atoms with Crippen molar-refractivity contribution in [3.8, 4) is 17.1 Å². The fraction of sp³-hybridized carbons (Fsp3) is 0.286. The van der Waals surface area contributed by atoms with Gasteiger partial charge in [-0.1, -0.05) is 48.8 Å². The lowest BCUT2D eigenvalue weighted by Crippen LogP contribution is -2.36. The van der Waals surface area contributed by atoms with Crippen LogP contribution < -0.4 is 10.1 Å². The molecule has 6 nitrogen and oxygen atoms in total. The van der Waals surface area contributed by atoms with Gasteiger partial charge in [0.15, 0.2) is 6.10 Å². The van der Waals surface area contributed by atoms with Gasteiger partial charge in [0, 0.05) is 10.6 Å². The average molecular weight is 400 g/mol. The van der Waals surface area contributed by atoms with Crippen molar-refractivity contribution in [2.45, 2.75) is 39.3 Å². The van der Waals surface area contributed by atoms with Gasteiger partial charge in [-0.3, -0.25) is 4.79 Å². The standard InChI is InChI=1S/C21H22ClN3O3/c1-13(2)17-6-4-5-7-18(17)27-14(3)21(26)23-12-19-24-20(25-28-19)15-8-10-16(22)11-9-15/h4-11,13-14H,12H2,1-3H3,(H,23,26)/t14-/m0/s1. The first-order valence-electron chi connectivity index (χ1n) is 9.06. The Morgan fingerprint density at radius 3 is 2.57 bits per heavy atom. The molecule has 0 fully saturated rings. The van der Waals surface area contributed by atoms with E-state index in [0.29, 0.717) is 28.4 Å². The second-order valence-electron chi connectivity index (χ2n) is 6.69. The topological polar surface area (TPSA) is 77.2 Å². The van der Waals surface area contributed by atoms with Gasteiger partial charge in [-0.15, -0.1) is 0 Å². The number of hydrogen-bond acceptors (Lipinski definition) is 5. The van der Waals surface area contributed by atoms with Crippen LogP contribution >= 0.6 is 11.6 Å². The maximum atomic E-state index is 12.4. The third-order valence-electron chi connectivity index (χ3n) is 4.20. The van der Waals surface area contributed by atoms with Crippen LogP contribution in [0.15, 0.2) is 53.1 Å². The van der Waals surface area contributed by atoms with Crippen LogP contribution in [-0.4, -0.2) is 22.2 Å². The SMILES string of the molecule is CC(C)c1ccccc1O[C@@H](C)C(=O)NCc1nc(-c2ccc(Cl)cc2)no1. The molecule has 2 aromatic carbocycles. The summed E-state index contributed by atoms with van der Waals surface area (Å²) in [5.41, 5.74) is 1.85. The second kappa shape index (κ2) is 8.89. The van der Waals surface area contributed by atoms with E-state index in [2.05, 4.69) is 29.3 Å². The first-order valence-corrected chi connectivity index (χ1v) is 9.43. The fourth-order valence-corrected chi connectivity index (χ4v) is 2.78. The lowest BCUT2D eigenvalue weighted by atomic mass is 10.0. The molecule has 1 amide bonds. The Kier molecular flexibility index (Phi) is 6.31. The minimum absolute atomic E-state index is 0.124. The number of hydrogen-bond donors (Lipinski definition) is 1. The number of para-hydroxylation sites is 1. The quantitative estimate of drug-likeness (QED) is 0.628. The molecule has 0 aliphatic rings. The number of nitrogens with one attached hydrogen (secondary N) is 1. The Labute approximate surface area is 168 Å². The van der Waals surface area contributed by atoms with E-state index in [1.54, 1.807) is 31.2 Å². The number of amides is 1. The highest BCUT2D eigenvalue weighted by Gasteiger charge is 2.18. The molecule has 0 radical (unpaired) electrons. The molecule has 28 heavy (non-hydrogen) atoms. The van der Waals surface area contributed by atoms with Gasteiger partial charge in [0.25, 0.3) is 5.91 Å². The lowest BCUT2D eigenvalue weighted by molar-refractivity contribution is -0.127. The Balaban J connectivity index is 1.58. The van der Waals surface area contributed by atoms with E-state index in [1.165, 1.54) is 0 Å². The third-order valence-corrected chi connectivity index (χ3v) is 4.45. The van der Waals surface area contributed by atoms with Gasteiger partial charge in [0.2, 0.25) is 11.7 Å². The van der Waals surface area contributed by atoms with Gasteiger partial charge < -0.3 is 14.6 Å². The van der Waals surface area contributed by atoms with E-state index in [4.69, 9.17) is 20.9 Å². The first-order chi connectivity index (χ1) is 13.4. The van der Waals surface area contributed by atoms with E-state index in [9.17, 15) is 4.79 Å². The second-order valence-corrected chi connectivity index (χ2v) is 7.13. The Morgan fingerprint density at radius 1 is 1.14 bits per heavy atom. The van der Waals surface area contributed by atoms with Gasteiger partial charge in [-0.25, -0.2) is 0 Å². The van der Waals surface area contributed by atoms with E-state index < -0.39 is 6.10 Å². The molecule has 0 saturated heterocycles. The Morgan fingerprint density at radius 2 is 1.86 bits per heavy atom. The highest BCUT2D eigenvalue weighted by molar-refractivity contribution is 6.30. The van der Waals surface area contributed by atoms with Gasteiger partial charge >= 0.3 is 0 Å². The molecule has 7 heteroatoms. The monoisotopic (exact) mass is 399 g/mol. The predicted octanol–water partition coefficient (Wildman–Crippen LogP) is 4.60. The molecular weight excluding hydrogens is 378 g/mol. The molecule has 0 spiro atoms. The zero-order chi connectivity index (χ0) is 20.1. The van der Waals surface area contributed by atoms with Crippen molar-refractivity contribution < 1.29 is 14.1 Å². The Bertz CT molecular complexity index is 938. The summed E-state index contributed by atoms with van der Waals surface area (Å²) in [4.78, 5) is 16.7. The molecule has 1 aromatic heterocycles. The first kappa shape index (κ1) is 19.9. The van der Waals surface area contributed by atoms with Crippen molar-refractivity contribution in [1.82, 2.24) is 15.5 Å². The molecule has 0 bridgehead atoms. The molecule has 3 rings (SSSR count). The summed E-state index contributed by atoms with van der Waals surface area (Å²) in [5, 5.41) is 7.32. The number of carbonyl (C=O) groups is 1. The maximum absolute atomic E-state index is 12.4. The predicted molar refractivity (Wildman–Crippen MR) is 107 cm³/mol. The van der Waals surface area contributed by atoms with Crippen LogP contribution in [0, 0.1) is 0 Å². The smallest absolute Gasteiger partial charge is 0.261 e. The molecule has 0 aliphatic carbocycles. The van der Waals surface area contributed by atoms with Crippen molar-refractivity contribution >= 4 is 17.5 Å². The van der Waals surface area contributed by atoms with E-state index in [0.717, 1.165) is 11.1 Å². The highest BCUT2D eigenvalue weighted by atomic mass is 35.5. The van der Waals surface area contributed by atoms with Crippen LogP contribution in [0.5, 0.6) is 5.75 Å². The van der Waals surface area contributed by atoms with Gasteiger partial charge in [0.05, 0.1) is 6.54 Å². The number of carbonyl (C=O) groups excluding carboxylic acids is 1. The summed E-state index contributed by atoms with van der Waals surface area (Å²) in [6, 6.07) is 14.8. The normalized spacial score (nSPS) is 12.0. The summed E-state index contributed by atoms with van der Waals surface area (Å²) in [6.45, 7) is 6.00.